The van der Waals surface area contributed by atoms with Crippen molar-refractivity contribution >= 4 is 7.85 Å². The topological polar surface area (TPSA) is 12.5 Å². The predicted molar refractivity (Wildman–Crippen MR) is 93.3 cm³/mol. The van der Waals surface area contributed by atoms with Gasteiger partial charge in [-0.15, -0.1) is 0 Å². The molecule has 0 bridgehead atoms. The van der Waals surface area contributed by atoms with Crippen molar-refractivity contribution in [3.05, 3.63) is 0 Å². The number of hydrogen-bond acceptors (Lipinski definition) is 2. The molecule has 22 heavy (non-hydrogen) atoms. The molecule has 3 heteroatoms. The summed E-state index contributed by atoms with van der Waals surface area (Å²) in [6.45, 7) is 13.7. The number of fused-ring (bicyclic) bond motifs is 1. The number of likely N-dealkylation sites (tertiary alicyclic amines) is 1. The van der Waals surface area contributed by atoms with E-state index in [1.807, 2.05) is 0 Å². The summed E-state index contributed by atoms with van der Waals surface area (Å²) in [6, 6.07) is 1.33. The molecular weight excluding hydrogens is 269 g/mol. The van der Waals surface area contributed by atoms with Crippen molar-refractivity contribution in [2.45, 2.75) is 89.7 Å². The van der Waals surface area contributed by atoms with Crippen LogP contribution in [-0.4, -0.2) is 43.6 Å². The molecule has 3 aliphatic rings. The first kappa shape index (κ1) is 16.8. The Kier molecular flexibility index (Phi) is 4.44. The van der Waals surface area contributed by atoms with Gasteiger partial charge in [-0.3, -0.25) is 4.90 Å². The maximum absolute atomic E-state index is 6.84. The van der Waals surface area contributed by atoms with Crippen LogP contribution in [-0.2, 0) is 4.74 Å². The smallest absolute Gasteiger partial charge is 0.0749 e. The molecule has 4 unspecified atom stereocenters. The summed E-state index contributed by atoms with van der Waals surface area (Å²) in [5.41, 5.74) is 0.350. The molecule has 0 amide bonds. The normalized spacial score (nSPS) is 42.2. The van der Waals surface area contributed by atoms with E-state index in [9.17, 15) is 0 Å². The van der Waals surface area contributed by atoms with Gasteiger partial charge in [-0.05, 0) is 50.9 Å². The van der Waals surface area contributed by atoms with Crippen LogP contribution in [0.25, 0.3) is 0 Å². The molecule has 1 saturated carbocycles. The highest BCUT2D eigenvalue weighted by Gasteiger charge is 2.56. The molecule has 0 aromatic heterocycles. The summed E-state index contributed by atoms with van der Waals surface area (Å²) < 4.78 is 5.65. The monoisotopic (exact) mass is 303 g/mol. The van der Waals surface area contributed by atoms with Gasteiger partial charge < -0.3 is 4.74 Å². The lowest BCUT2D eigenvalue weighted by molar-refractivity contribution is -0.141. The highest BCUT2D eigenvalue weighted by Crippen LogP contribution is 2.53. The molecule has 2 nitrogen and oxygen atoms in total. The second-order valence-electron chi connectivity index (χ2n) is 9.22. The van der Waals surface area contributed by atoms with Crippen LogP contribution >= 0.6 is 0 Å². The number of hydrogen-bond donors (Lipinski definition) is 0. The minimum Gasteiger partial charge on any atom is -0.377 e. The second-order valence-corrected chi connectivity index (χ2v) is 9.22. The molecule has 0 N–H and O–H groups in total. The van der Waals surface area contributed by atoms with Gasteiger partial charge in [-0.25, -0.2) is 0 Å². The summed E-state index contributed by atoms with van der Waals surface area (Å²) in [5.74, 6) is 2.16. The van der Waals surface area contributed by atoms with Crippen LogP contribution in [0.1, 0.15) is 66.7 Å². The maximum atomic E-state index is 6.84. The van der Waals surface area contributed by atoms with E-state index < -0.39 is 0 Å². The number of rotatable bonds is 2. The van der Waals surface area contributed by atoms with Crippen molar-refractivity contribution in [1.82, 2.24) is 4.90 Å². The quantitative estimate of drug-likeness (QED) is 0.714. The van der Waals surface area contributed by atoms with Crippen LogP contribution in [0, 0.1) is 17.8 Å². The zero-order valence-corrected chi connectivity index (χ0v) is 15.3. The minimum atomic E-state index is 0.0267. The van der Waals surface area contributed by atoms with E-state index >= 15 is 0 Å². The van der Waals surface area contributed by atoms with E-state index in [0.717, 1.165) is 25.0 Å². The summed E-state index contributed by atoms with van der Waals surface area (Å²) in [5, 5.41) is 0.0267. The molecule has 1 aliphatic carbocycles. The Labute approximate surface area is 138 Å². The number of nitrogens with zero attached hydrogens (tertiary/aromatic N) is 1. The van der Waals surface area contributed by atoms with Crippen LogP contribution in [0.5, 0.6) is 0 Å². The molecular formula is C19H34BNO. The Balaban J connectivity index is 1.84. The van der Waals surface area contributed by atoms with Gasteiger partial charge in [-0.2, -0.15) is 0 Å². The fourth-order valence-electron chi connectivity index (χ4n) is 5.75. The summed E-state index contributed by atoms with van der Waals surface area (Å²) in [7, 11) is 6.84. The minimum absolute atomic E-state index is 0.0267. The van der Waals surface area contributed by atoms with Gasteiger partial charge in [0.1, 0.15) is 0 Å². The van der Waals surface area contributed by atoms with Crippen molar-refractivity contribution in [2.24, 2.45) is 17.8 Å². The second kappa shape index (κ2) is 5.81. The third kappa shape index (κ3) is 2.67. The SMILES string of the molecule is [B]C1(C(C)C)CCC2C(CC(C)C1)CC1(COC1)N2C(C)C. The first-order valence-corrected chi connectivity index (χ1v) is 9.42. The summed E-state index contributed by atoms with van der Waals surface area (Å²) in [6.07, 6.45) is 6.34. The van der Waals surface area contributed by atoms with Crippen molar-refractivity contribution < 1.29 is 4.74 Å². The Morgan fingerprint density at radius 1 is 1.14 bits per heavy atom. The Morgan fingerprint density at radius 2 is 1.82 bits per heavy atom. The van der Waals surface area contributed by atoms with Gasteiger partial charge in [0.05, 0.1) is 26.6 Å². The highest BCUT2D eigenvalue weighted by molar-refractivity contribution is 6.15. The molecule has 0 aromatic carbocycles. The number of ether oxygens (including phenoxy) is 1. The largest absolute Gasteiger partial charge is 0.377 e. The van der Waals surface area contributed by atoms with Crippen LogP contribution in [0.3, 0.4) is 0 Å². The Morgan fingerprint density at radius 3 is 2.32 bits per heavy atom. The van der Waals surface area contributed by atoms with E-state index in [1.54, 1.807) is 0 Å². The lowest BCUT2D eigenvalue weighted by Crippen LogP contribution is -2.62. The zero-order chi connectivity index (χ0) is 16.1. The fraction of sp³-hybridized carbons (Fsp3) is 1.00. The van der Waals surface area contributed by atoms with Crippen LogP contribution in [0.15, 0.2) is 0 Å². The van der Waals surface area contributed by atoms with E-state index in [0.29, 0.717) is 23.5 Å². The molecule has 0 aromatic rings. The van der Waals surface area contributed by atoms with Crippen LogP contribution < -0.4 is 0 Å². The van der Waals surface area contributed by atoms with Gasteiger partial charge in [0, 0.05) is 12.1 Å². The Bertz CT molecular complexity index is 406. The average molecular weight is 303 g/mol. The predicted octanol–water partition coefficient (Wildman–Crippen LogP) is 4.05. The molecule has 3 fully saturated rings. The van der Waals surface area contributed by atoms with Gasteiger partial charge in [0.25, 0.3) is 0 Å². The van der Waals surface area contributed by atoms with Gasteiger partial charge in [0.2, 0.25) is 0 Å². The maximum Gasteiger partial charge on any atom is 0.0749 e. The third-order valence-electron chi connectivity index (χ3n) is 6.88. The van der Waals surface area contributed by atoms with Gasteiger partial charge in [0.15, 0.2) is 0 Å². The molecule has 2 heterocycles. The van der Waals surface area contributed by atoms with Crippen LogP contribution in [0.4, 0.5) is 0 Å². The van der Waals surface area contributed by atoms with Gasteiger partial charge in [-0.1, -0.05) is 38.9 Å². The molecule has 124 valence electrons. The lowest BCUT2D eigenvalue weighted by Gasteiger charge is -2.50. The standard InChI is InChI=1S/C19H34BNO/c1-13(2)19(20)7-6-17-16(8-15(5)9-19)10-18(11-22-12-18)21(17)14(3)4/h13-17H,6-12H2,1-5H3. The van der Waals surface area contributed by atoms with Gasteiger partial charge >= 0.3 is 0 Å². The zero-order valence-electron chi connectivity index (χ0n) is 15.3. The summed E-state index contributed by atoms with van der Waals surface area (Å²) in [4.78, 5) is 2.82. The lowest BCUT2D eigenvalue weighted by atomic mass is 9.53. The summed E-state index contributed by atoms with van der Waals surface area (Å²) >= 11 is 0. The highest BCUT2D eigenvalue weighted by atomic mass is 16.5. The van der Waals surface area contributed by atoms with Crippen molar-refractivity contribution in [3.8, 4) is 0 Å². The average Bonchev–Trinajstić information content (AvgIpc) is 2.68. The van der Waals surface area contributed by atoms with E-state index in [-0.39, 0.29) is 5.31 Å². The van der Waals surface area contributed by atoms with E-state index in [4.69, 9.17) is 12.6 Å². The van der Waals surface area contributed by atoms with Crippen molar-refractivity contribution in [1.29, 1.82) is 0 Å². The van der Waals surface area contributed by atoms with Crippen molar-refractivity contribution in [3.63, 3.8) is 0 Å². The molecule has 2 radical (unpaired) electrons. The first-order valence-electron chi connectivity index (χ1n) is 9.42. The molecule has 2 aliphatic heterocycles. The molecule has 2 saturated heterocycles. The van der Waals surface area contributed by atoms with Crippen LogP contribution in [0.2, 0.25) is 5.31 Å². The van der Waals surface area contributed by atoms with E-state index in [2.05, 4.69) is 39.5 Å². The molecule has 4 atom stereocenters. The molecule has 3 rings (SSSR count). The Hall–Kier alpha value is -0.0151. The van der Waals surface area contributed by atoms with Crippen molar-refractivity contribution in [2.75, 3.05) is 13.2 Å². The third-order valence-corrected chi connectivity index (χ3v) is 6.88. The van der Waals surface area contributed by atoms with E-state index in [1.165, 1.54) is 32.1 Å². The molecule has 1 spiro atoms. The fourth-order valence-corrected chi connectivity index (χ4v) is 5.75. The first-order chi connectivity index (χ1) is 10.3.